The maximum atomic E-state index is 12.6. The molecule has 0 radical (unpaired) electrons. The first-order valence-corrected chi connectivity index (χ1v) is 15.0. The summed E-state index contributed by atoms with van der Waals surface area (Å²) in [5, 5.41) is 23.3. The van der Waals surface area contributed by atoms with Gasteiger partial charge in [-0.05, 0) is 16.6 Å². The monoisotopic (exact) mass is 539 g/mol. The van der Waals surface area contributed by atoms with Crippen molar-refractivity contribution in [2.75, 3.05) is 18.7 Å². The minimum absolute atomic E-state index is 0.0300. The molecule has 3 heterocycles. The van der Waals surface area contributed by atoms with Gasteiger partial charge >= 0.3 is 0 Å². The largest absolute Gasteiger partial charge is 0.394 e. The summed E-state index contributed by atoms with van der Waals surface area (Å²) in [4.78, 5) is 35.8. The van der Waals surface area contributed by atoms with Gasteiger partial charge in [-0.1, -0.05) is 55.4 Å². The number of nitrogens with zero attached hydrogens (tertiary/aromatic N) is 3. The van der Waals surface area contributed by atoms with Crippen LogP contribution in [0.3, 0.4) is 0 Å². The predicted molar refractivity (Wildman–Crippen MR) is 140 cm³/mol. The Kier molecular flexibility index (Phi) is 9.30. The lowest BCUT2D eigenvalue weighted by atomic mass is 10.1. The van der Waals surface area contributed by atoms with Crippen molar-refractivity contribution in [1.29, 1.82) is 0 Å². The molecule has 13 heteroatoms. The Balaban J connectivity index is 1.92. The molecule has 4 atom stereocenters. The van der Waals surface area contributed by atoms with E-state index >= 15 is 0 Å². The van der Waals surface area contributed by atoms with Crippen LogP contribution in [0, 0.1) is 5.92 Å². The van der Waals surface area contributed by atoms with Crippen LogP contribution in [0.25, 0.3) is 11.2 Å². The topological polar surface area (TPSA) is 161 Å². The number of aromatic amines is 1. The molecule has 1 aliphatic heterocycles. The van der Waals surface area contributed by atoms with Gasteiger partial charge in [-0.15, -0.1) is 0 Å². The van der Waals surface area contributed by atoms with Gasteiger partial charge < -0.3 is 24.1 Å². The van der Waals surface area contributed by atoms with Gasteiger partial charge in [0, 0.05) is 5.92 Å². The predicted octanol–water partition coefficient (Wildman–Crippen LogP) is 2.50. The number of hydrogen-bond donors (Lipinski definition) is 4. The molecule has 0 spiro atoms. The van der Waals surface area contributed by atoms with Gasteiger partial charge in [0.05, 0.1) is 12.9 Å². The molecule has 2 unspecified atom stereocenters. The minimum Gasteiger partial charge on any atom is -0.394 e. The van der Waals surface area contributed by atoms with Gasteiger partial charge in [0.1, 0.15) is 25.1 Å². The van der Waals surface area contributed by atoms with Crippen molar-refractivity contribution in [2.24, 2.45) is 5.92 Å². The van der Waals surface area contributed by atoms with E-state index in [1.165, 1.54) is 10.9 Å². The molecule has 1 saturated heterocycles. The highest BCUT2D eigenvalue weighted by Gasteiger charge is 2.48. The molecule has 208 valence electrons. The van der Waals surface area contributed by atoms with E-state index in [0.717, 1.165) is 0 Å². The third-order valence-electron chi connectivity index (χ3n) is 7.24. The number of rotatable bonds is 11. The number of aliphatic hydroxyl groups excluding tert-OH is 2. The molecule has 0 bridgehead atoms. The number of carbonyl (C=O) groups excluding carboxylic acids is 1. The Morgan fingerprint density at radius 3 is 2.35 bits per heavy atom. The second kappa shape index (κ2) is 11.7. The number of carbonyl (C=O) groups is 1. The molecule has 1 amide bonds. The lowest BCUT2D eigenvalue weighted by molar-refractivity contribution is -0.118. The quantitative estimate of drug-likeness (QED) is 0.248. The number of fused-ring (bicyclic) bond motifs is 1. The van der Waals surface area contributed by atoms with Gasteiger partial charge in [-0.3, -0.25) is 24.5 Å². The Hall–Kier alpha value is -2.16. The lowest BCUT2D eigenvalue weighted by Gasteiger charge is -2.42. The molecule has 3 rings (SSSR count). The smallest absolute Gasteiger partial charge is 0.280 e. The van der Waals surface area contributed by atoms with Crippen molar-refractivity contribution in [3.63, 3.8) is 0 Å². The van der Waals surface area contributed by atoms with Gasteiger partial charge in [0.25, 0.3) is 5.56 Å². The second-order valence-corrected chi connectivity index (χ2v) is 16.3. The summed E-state index contributed by atoms with van der Waals surface area (Å²) >= 11 is 0. The summed E-state index contributed by atoms with van der Waals surface area (Å²) in [6.45, 7) is 16.0. The van der Waals surface area contributed by atoms with Crippen LogP contribution in [0.5, 0.6) is 0 Å². The average molecular weight is 540 g/mol. The van der Waals surface area contributed by atoms with Crippen molar-refractivity contribution in [2.45, 2.75) is 96.6 Å². The van der Waals surface area contributed by atoms with Crippen LogP contribution in [0.1, 0.15) is 61.6 Å². The number of aromatic nitrogens is 4. The maximum Gasteiger partial charge on any atom is 0.280 e. The Bertz CT molecular complexity index is 1110. The van der Waals surface area contributed by atoms with Crippen molar-refractivity contribution < 1.29 is 28.9 Å². The van der Waals surface area contributed by atoms with Crippen LogP contribution < -0.4 is 10.9 Å². The van der Waals surface area contributed by atoms with Crippen LogP contribution in [-0.2, 0) is 18.7 Å². The summed E-state index contributed by atoms with van der Waals surface area (Å²) in [5.74, 6) is -0.661. The molecular formula is C24H41N5O7Si. The number of ether oxygens (including phenoxy) is 2. The summed E-state index contributed by atoms with van der Waals surface area (Å²) in [6.07, 6.45) is -2.59. The third-order valence-corrected chi connectivity index (χ3v) is 13.3. The summed E-state index contributed by atoms with van der Waals surface area (Å²) in [5.41, 5.74) is 0.666. The number of H-pyrrole nitrogens is 1. The highest BCUT2D eigenvalue weighted by atomic mass is 28.4. The second-order valence-electron chi connectivity index (χ2n) is 10.8. The molecule has 4 N–H and O–H groups in total. The molecular weight excluding hydrogens is 498 g/mol. The van der Waals surface area contributed by atoms with Crippen molar-refractivity contribution in [3.05, 3.63) is 16.7 Å². The van der Waals surface area contributed by atoms with Gasteiger partial charge in [-0.25, -0.2) is 4.98 Å². The van der Waals surface area contributed by atoms with Crippen LogP contribution in [-0.4, -0.2) is 75.7 Å². The zero-order chi connectivity index (χ0) is 27.7. The number of hydrogen-bond acceptors (Lipinski definition) is 9. The highest BCUT2D eigenvalue weighted by molar-refractivity contribution is 6.77. The number of amides is 1. The zero-order valence-electron chi connectivity index (χ0n) is 22.9. The van der Waals surface area contributed by atoms with Crippen LogP contribution >= 0.6 is 0 Å². The fourth-order valence-electron chi connectivity index (χ4n) is 5.42. The first kappa shape index (κ1) is 29.4. The van der Waals surface area contributed by atoms with Gasteiger partial charge in [-0.2, -0.15) is 4.98 Å². The minimum atomic E-state index is -2.23. The molecule has 0 saturated carbocycles. The molecule has 0 aromatic carbocycles. The Labute approximate surface area is 217 Å². The summed E-state index contributed by atoms with van der Waals surface area (Å²) < 4.78 is 20.0. The van der Waals surface area contributed by atoms with Crippen molar-refractivity contribution in [3.8, 4) is 0 Å². The standard InChI is InChI=1S/C24H41N5O7Si/c1-12(2)21(32)27-24-26-20-17(22(33)28-24)25-10-29(20)23-19(18(31)16(9-30)36-23)34-11-35-37(13(3)4,14(5)6)15(7)8/h10,12-16,18-19,23,30-31H,9,11H2,1-8H3,(H2,26,27,28,32,33)/t16-,18?,19?,23-/m1/s1. The molecule has 12 nitrogen and oxygen atoms in total. The average Bonchev–Trinajstić information content (AvgIpc) is 3.36. The van der Waals surface area contributed by atoms with E-state index in [1.807, 2.05) is 0 Å². The molecule has 0 aliphatic carbocycles. The normalized spacial score (nSPS) is 22.8. The van der Waals surface area contributed by atoms with E-state index in [4.69, 9.17) is 13.9 Å². The number of imidazole rings is 1. The first-order chi connectivity index (χ1) is 17.3. The maximum absolute atomic E-state index is 12.6. The van der Waals surface area contributed by atoms with E-state index in [0.29, 0.717) is 16.6 Å². The van der Waals surface area contributed by atoms with E-state index in [1.54, 1.807) is 13.8 Å². The third kappa shape index (κ3) is 5.66. The Morgan fingerprint density at radius 2 is 1.81 bits per heavy atom. The number of aliphatic hydroxyl groups is 2. The molecule has 1 aliphatic rings. The number of anilines is 1. The SMILES string of the molecule is CC(C)C(=O)Nc1nc2c(ncn2[C@@H]2O[C@H](CO)C(O)C2OCO[Si](C(C)C)(C(C)C)C(C)C)c(=O)[nH]1. The van der Waals surface area contributed by atoms with Gasteiger partial charge in [0.15, 0.2) is 17.4 Å². The fraction of sp³-hybridized carbons (Fsp3) is 0.750. The summed E-state index contributed by atoms with van der Waals surface area (Å²) in [7, 11) is -2.23. The van der Waals surface area contributed by atoms with E-state index in [-0.39, 0.29) is 35.7 Å². The lowest BCUT2D eigenvalue weighted by Crippen LogP contribution is -2.49. The first-order valence-electron chi connectivity index (χ1n) is 12.8. The van der Waals surface area contributed by atoms with Crippen LogP contribution in [0.2, 0.25) is 16.6 Å². The van der Waals surface area contributed by atoms with E-state index in [2.05, 4.69) is 61.8 Å². The molecule has 2 aromatic rings. The number of nitrogens with one attached hydrogen (secondary N) is 2. The fourth-order valence-corrected chi connectivity index (χ4v) is 10.7. The summed E-state index contributed by atoms with van der Waals surface area (Å²) in [6, 6.07) is 0. The van der Waals surface area contributed by atoms with Gasteiger partial charge in [0.2, 0.25) is 20.2 Å². The molecule has 37 heavy (non-hydrogen) atoms. The zero-order valence-corrected chi connectivity index (χ0v) is 23.9. The van der Waals surface area contributed by atoms with E-state index < -0.39 is 45.0 Å². The highest BCUT2D eigenvalue weighted by Crippen LogP contribution is 2.42. The van der Waals surface area contributed by atoms with E-state index in [9.17, 15) is 19.8 Å². The molecule has 1 fully saturated rings. The van der Waals surface area contributed by atoms with Crippen molar-refractivity contribution in [1.82, 2.24) is 19.5 Å². The molecule has 2 aromatic heterocycles. The van der Waals surface area contributed by atoms with Crippen molar-refractivity contribution >= 4 is 31.3 Å². The van der Waals surface area contributed by atoms with Crippen LogP contribution in [0.4, 0.5) is 5.95 Å². The van der Waals surface area contributed by atoms with Crippen LogP contribution in [0.15, 0.2) is 11.1 Å². The Morgan fingerprint density at radius 1 is 1.19 bits per heavy atom.